The van der Waals surface area contributed by atoms with Gasteiger partial charge in [-0.25, -0.2) is 14.6 Å². The molecule has 0 aliphatic rings. The van der Waals surface area contributed by atoms with Crippen molar-refractivity contribution in [1.29, 1.82) is 5.41 Å². The molecule has 0 radical (unpaired) electrons. The molecular formula is C14H20N8O. The molecule has 0 aromatic carbocycles. The number of hydrogen-bond acceptors (Lipinski definition) is 7. The first-order valence-electron chi connectivity index (χ1n) is 7.17. The van der Waals surface area contributed by atoms with Gasteiger partial charge in [-0.15, -0.1) is 0 Å². The number of amides is 1. The van der Waals surface area contributed by atoms with Crippen LogP contribution in [0.1, 0.15) is 43.7 Å². The highest BCUT2D eigenvalue weighted by atomic mass is 16.2. The van der Waals surface area contributed by atoms with Crippen LogP contribution in [0.25, 0.3) is 11.0 Å². The van der Waals surface area contributed by atoms with E-state index in [0.717, 1.165) is 6.42 Å². The topological polar surface area (TPSA) is 149 Å². The van der Waals surface area contributed by atoms with Crippen LogP contribution < -0.4 is 16.8 Å². The van der Waals surface area contributed by atoms with Crippen molar-refractivity contribution in [2.45, 2.75) is 33.2 Å². The minimum Gasteiger partial charge on any atom is -0.402 e. The van der Waals surface area contributed by atoms with Crippen LogP contribution in [-0.4, -0.2) is 31.5 Å². The zero-order valence-corrected chi connectivity index (χ0v) is 13.3. The van der Waals surface area contributed by atoms with E-state index >= 15 is 0 Å². The van der Waals surface area contributed by atoms with Gasteiger partial charge >= 0.3 is 0 Å². The van der Waals surface area contributed by atoms with Gasteiger partial charge < -0.3 is 16.8 Å². The van der Waals surface area contributed by atoms with Crippen LogP contribution in [0.2, 0.25) is 0 Å². The van der Waals surface area contributed by atoms with Crippen LogP contribution in [0.5, 0.6) is 0 Å². The van der Waals surface area contributed by atoms with Crippen LogP contribution in [0.4, 0.5) is 5.82 Å². The normalized spacial score (nSPS) is 13.1. The lowest BCUT2D eigenvalue weighted by Gasteiger charge is -2.09. The number of allylic oxidation sites excluding steroid dienone is 1. The van der Waals surface area contributed by atoms with E-state index in [9.17, 15) is 4.79 Å². The van der Waals surface area contributed by atoms with Gasteiger partial charge in [-0.2, -0.15) is 5.10 Å². The summed E-state index contributed by atoms with van der Waals surface area (Å²) >= 11 is 0. The number of amidine groups is 1. The number of fused-ring (bicyclic) bond motifs is 1. The van der Waals surface area contributed by atoms with Gasteiger partial charge in [0.2, 0.25) is 0 Å². The molecule has 122 valence electrons. The predicted octanol–water partition coefficient (Wildman–Crippen LogP) is 0.949. The second-order valence-corrected chi connectivity index (χ2v) is 5.26. The van der Waals surface area contributed by atoms with Gasteiger partial charge in [0, 0.05) is 5.70 Å². The molecule has 6 N–H and O–H groups in total. The Balaban J connectivity index is 2.50. The average Bonchev–Trinajstić information content (AvgIpc) is 2.86. The molecule has 9 heteroatoms. The Hall–Kier alpha value is -2.97. The zero-order valence-electron chi connectivity index (χ0n) is 13.3. The number of carbonyl (C=O) groups is 1. The van der Waals surface area contributed by atoms with E-state index in [-0.39, 0.29) is 23.4 Å². The molecule has 2 aromatic heterocycles. The zero-order chi connectivity index (χ0) is 17.1. The van der Waals surface area contributed by atoms with E-state index in [4.69, 9.17) is 16.9 Å². The molecule has 2 aromatic rings. The third-order valence-electron chi connectivity index (χ3n) is 3.36. The smallest absolute Gasteiger partial charge is 0.278 e. The Bertz CT molecular complexity index is 787. The van der Waals surface area contributed by atoms with Crippen LogP contribution in [0.15, 0.2) is 18.1 Å². The first-order valence-corrected chi connectivity index (χ1v) is 7.17. The number of hydrogen-bond donors (Lipinski definition) is 4. The fraction of sp³-hybridized carbons (Fsp3) is 0.357. The summed E-state index contributed by atoms with van der Waals surface area (Å²) in [6, 6.07) is 0.0407. The fourth-order valence-electron chi connectivity index (χ4n) is 2.08. The molecular weight excluding hydrogens is 296 g/mol. The highest BCUT2D eigenvalue weighted by Gasteiger charge is 2.23. The van der Waals surface area contributed by atoms with Crippen molar-refractivity contribution in [3.8, 4) is 0 Å². The summed E-state index contributed by atoms with van der Waals surface area (Å²) in [5, 5.41) is 14.8. The molecule has 1 atom stereocenters. The molecule has 0 bridgehead atoms. The third-order valence-corrected chi connectivity index (χ3v) is 3.36. The van der Waals surface area contributed by atoms with Crippen molar-refractivity contribution in [2.24, 2.45) is 5.73 Å². The Morgan fingerprint density at radius 3 is 2.83 bits per heavy atom. The molecule has 23 heavy (non-hydrogen) atoms. The van der Waals surface area contributed by atoms with Crippen molar-refractivity contribution in [2.75, 3.05) is 5.73 Å². The Morgan fingerprint density at radius 1 is 1.52 bits per heavy atom. The van der Waals surface area contributed by atoms with Crippen molar-refractivity contribution >= 4 is 28.6 Å². The minimum absolute atomic E-state index is 0.0407. The lowest BCUT2D eigenvalue weighted by molar-refractivity contribution is 0.0972. The summed E-state index contributed by atoms with van der Waals surface area (Å²) in [5.41, 5.74) is 12.4. The Kier molecular flexibility index (Phi) is 4.58. The van der Waals surface area contributed by atoms with Gasteiger partial charge in [0.15, 0.2) is 11.3 Å². The summed E-state index contributed by atoms with van der Waals surface area (Å²) in [5.74, 6) is -0.510. The number of nitrogens with one attached hydrogen (secondary N) is 2. The average molecular weight is 316 g/mol. The second-order valence-electron chi connectivity index (χ2n) is 5.26. The first-order chi connectivity index (χ1) is 10.8. The minimum atomic E-state index is -0.555. The van der Waals surface area contributed by atoms with Crippen LogP contribution in [0.3, 0.4) is 0 Å². The number of nitrogens with two attached hydrogens (primary N) is 2. The fourth-order valence-corrected chi connectivity index (χ4v) is 2.08. The quantitative estimate of drug-likeness (QED) is 0.487. The van der Waals surface area contributed by atoms with E-state index in [1.807, 2.05) is 13.8 Å². The highest BCUT2D eigenvalue weighted by molar-refractivity contribution is 6.14. The van der Waals surface area contributed by atoms with E-state index in [1.54, 1.807) is 11.6 Å². The SMILES string of the molecule is CCC(C)n1nc(C(=O)NC(=N)/C=C(/C)N)c2c(N)ncnc21. The highest BCUT2D eigenvalue weighted by Crippen LogP contribution is 2.24. The molecule has 0 saturated carbocycles. The maximum absolute atomic E-state index is 12.4. The third kappa shape index (κ3) is 3.28. The number of carbonyl (C=O) groups excluding carboxylic acids is 1. The number of anilines is 1. The van der Waals surface area contributed by atoms with Crippen LogP contribution in [0, 0.1) is 5.41 Å². The number of aromatic nitrogens is 4. The Labute approximate surface area is 133 Å². The van der Waals surface area contributed by atoms with Crippen LogP contribution in [-0.2, 0) is 0 Å². The monoisotopic (exact) mass is 316 g/mol. The summed E-state index contributed by atoms with van der Waals surface area (Å²) in [6.45, 7) is 5.60. The largest absolute Gasteiger partial charge is 0.402 e. The lowest BCUT2D eigenvalue weighted by Crippen LogP contribution is -2.29. The predicted molar refractivity (Wildman–Crippen MR) is 87.9 cm³/mol. The molecule has 0 saturated heterocycles. The van der Waals surface area contributed by atoms with Crippen LogP contribution >= 0.6 is 0 Å². The summed E-state index contributed by atoms with van der Waals surface area (Å²) in [7, 11) is 0. The first kappa shape index (κ1) is 16.4. The molecule has 0 aliphatic heterocycles. The second kappa shape index (κ2) is 6.42. The molecule has 9 nitrogen and oxygen atoms in total. The number of nitrogens with zero attached hydrogens (tertiary/aromatic N) is 4. The summed E-state index contributed by atoms with van der Waals surface area (Å²) in [6.07, 6.45) is 3.49. The molecule has 0 aliphatic carbocycles. The van der Waals surface area contributed by atoms with Gasteiger partial charge in [-0.3, -0.25) is 10.2 Å². The van der Waals surface area contributed by atoms with Crippen molar-refractivity contribution in [3.63, 3.8) is 0 Å². The van der Waals surface area contributed by atoms with Crippen molar-refractivity contribution in [1.82, 2.24) is 25.1 Å². The van der Waals surface area contributed by atoms with Gasteiger partial charge in [0.25, 0.3) is 5.91 Å². The number of rotatable bonds is 4. The van der Waals surface area contributed by atoms with E-state index < -0.39 is 5.91 Å². The molecule has 0 fully saturated rings. The van der Waals surface area contributed by atoms with E-state index in [0.29, 0.717) is 16.7 Å². The number of nitrogen functional groups attached to an aromatic ring is 1. The molecule has 1 amide bonds. The van der Waals surface area contributed by atoms with Crippen molar-refractivity contribution in [3.05, 3.63) is 23.8 Å². The summed E-state index contributed by atoms with van der Waals surface area (Å²) < 4.78 is 1.65. The van der Waals surface area contributed by atoms with Gasteiger partial charge in [0.05, 0.1) is 11.4 Å². The van der Waals surface area contributed by atoms with Crippen molar-refractivity contribution < 1.29 is 4.79 Å². The maximum Gasteiger partial charge on any atom is 0.278 e. The molecule has 0 spiro atoms. The van der Waals surface area contributed by atoms with Gasteiger partial charge in [-0.1, -0.05) is 6.92 Å². The maximum atomic E-state index is 12.4. The molecule has 2 rings (SSSR count). The standard InChI is InChI=1S/C14H20N8O/c1-4-8(3)22-13-10(12(17)18-6-19-13)11(21-22)14(23)20-9(16)5-7(2)15/h5-6,8H,4,15H2,1-3H3,(H2,16,20,23)(H2,17,18,19)/b7-5-. The lowest BCUT2D eigenvalue weighted by atomic mass is 10.2. The molecule has 2 heterocycles. The van der Waals surface area contributed by atoms with E-state index in [1.165, 1.54) is 12.4 Å². The Morgan fingerprint density at radius 2 is 2.22 bits per heavy atom. The molecule has 1 unspecified atom stereocenters. The van der Waals surface area contributed by atoms with Gasteiger partial charge in [0.1, 0.15) is 18.0 Å². The van der Waals surface area contributed by atoms with E-state index in [2.05, 4.69) is 20.4 Å². The van der Waals surface area contributed by atoms with Gasteiger partial charge in [-0.05, 0) is 26.3 Å². The summed E-state index contributed by atoms with van der Waals surface area (Å²) in [4.78, 5) is 20.5.